The summed E-state index contributed by atoms with van der Waals surface area (Å²) in [6, 6.07) is 15.5. The second-order valence-corrected chi connectivity index (χ2v) is 6.98. The summed E-state index contributed by atoms with van der Waals surface area (Å²) in [4.78, 5) is 19.9. The van der Waals surface area contributed by atoms with E-state index in [1.54, 1.807) is 14.2 Å². The molecule has 5 nitrogen and oxygen atoms in total. The number of amides is 1. The van der Waals surface area contributed by atoms with Gasteiger partial charge >= 0.3 is 0 Å². The summed E-state index contributed by atoms with van der Waals surface area (Å²) < 4.78 is 10.6. The van der Waals surface area contributed by atoms with Crippen LogP contribution in [0.1, 0.15) is 36.8 Å². The van der Waals surface area contributed by atoms with E-state index >= 15 is 0 Å². The Balaban J connectivity index is 1.86. The zero-order chi connectivity index (χ0) is 19.5. The number of carbonyl (C=O) groups is 1. The highest BCUT2D eigenvalue weighted by molar-refractivity contribution is 6.17. The van der Waals surface area contributed by atoms with Crippen LogP contribution in [0.2, 0.25) is 0 Å². The van der Waals surface area contributed by atoms with Crippen molar-refractivity contribution in [3.63, 3.8) is 0 Å². The molecule has 1 amide bonds. The van der Waals surface area contributed by atoms with E-state index in [-0.39, 0.29) is 5.91 Å². The molecule has 0 N–H and O–H groups in total. The number of methoxy groups -OCH3 is 2. The maximum atomic E-state index is 13.2. The number of ether oxygens (including phenoxy) is 2. The van der Waals surface area contributed by atoms with Gasteiger partial charge in [0, 0.05) is 18.5 Å². The van der Waals surface area contributed by atoms with Crippen molar-refractivity contribution < 1.29 is 14.3 Å². The Bertz CT molecular complexity index is 878. The van der Waals surface area contributed by atoms with Crippen molar-refractivity contribution in [3.8, 4) is 11.5 Å². The quantitative estimate of drug-likeness (QED) is 0.749. The van der Waals surface area contributed by atoms with Crippen molar-refractivity contribution in [2.75, 3.05) is 20.8 Å². The normalized spacial score (nSPS) is 16.4. The van der Waals surface area contributed by atoms with E-state index in [0.29, 0.717) is 5.70 Å². The van der Waals surface area contributed by atoms with Gasteiger partial charge in [0.15, 0.2) is 0 Å². The van der Waals surface area contributed by atoms with Gasteiger partial charge in [-0.05, 0) is 48.2 Å². The van der Waals surface area contributed by atoms with Gasteiger partial charge in [-0.15, -0.1) is 0 Å². The first-order chi connectivity index (χ1) is 13.7. The maximum absolute atomic E-state index is 13.2. The molecule has 1 saturated heterocycles. The highest BCUT2D eigenvalue weighted by Crippen LogP contribution is 2.34. The standard InChI is InChI=1S/C23H24N2O3/c1-27-18-11-7-16(8-12-18)21(17-9-13-19(28-2)14-10-17)22-23(26)25-15-5-3-4-6-20(25)24-22/h7-14H,3-6,15H2,1-2H3. The van der Waals surface area contributed by atoms with Crippen molar-refractivity contribution in [1.29, 1.82) is 0 Å². The SMILES string of the molecule is COc1ccc(C(=C2N=C3CCCCCN3C2=O)c2ccc(OC)cc2)cc1. The first-order valence-electron chi connectivity index (χ1n) is 9.64. The Kier molecular flexibility index (Phi) is 5.15. The molecule has 0 bridgehead atoms. The fourth-order valence-electron chi connectivity index (χ4n) is 3.75. The summed E-state index contributed by atoms with van der Waals surface area (Å²) in [6.07, 6.45) is 4.11. The van der Waals surface area contributed by atoms with Gasteiger partial charge in [0.25, 0.3) is 5.91 Å². The monoisotopic (exact) mass is 376 g/mol. The Morgan fingerprint density at radius 1 is 0.857 bits per heavy atom. The van der Waals surface area contributed by atoms with Crippen LogP contribution in [-0.4, -0.2) is 37.4 Å². The summed E-state index contributed by atoms with van der Waals surface area (Å²) in [5.74, 6) is 2.46. The van der Waals surface area contributed by atoms with Gasteiger partial charge in [0.2, 0.25) is 0 Å². The number of carbonyl (C=O) groups excluding carboxylic acids is 1. The molecule has 144 valence electrons. The average Bonchev–Trinajstić information content (AvgIpc) is 2.91. The summed E-state index contributed by atoms with van der Waals surface area (Å²) in [6.45, 7) is 0.750. The van der Waals surface area contributed by atoms with Gasteiger partial charge in [-0.2, -0.15) is 0 Å². The molecule has 2 aromatic carbocycles. The molecule has 0 unspecified atom stereocenters. The molecular weight excluding hydrogens is 352 g/mol. The molecule has 2 aliphatic heterocycles. The van der Waals surface area contributed by atoms with E-state index in [0.717, 1.165) is 66.3 Å². The minimum Gasteiger partial charge on any atom is -0.497 e. The van der Waals surface area contributed by atoms with E-state index < -0.39 is 0 Å². The number of aliphatic imine (C=N–C) groups is 1. The average molecular weight is 376 g/mol. The number of benzene rings is 2. The minimum atomic E-state index is -0.00136. The lowest BCUT2D eigenvalue weighted by Gasteiger charge is -2.16. The molecule has 28 heavy (non-hydrogen) atoms. The third-order valence-corrected chi connectivity index (χ3v) is 5.28. The van der Waals surface area contributed by atoms with Crippen LogP contribution in [0.3, 0.4) is 0 Å². The summed E-state index contributed by atoms with van der Waals surface area (Å²) >= 11 is 0. The molecule has 0 aliphatic carbocycles. The fourth-order valence-corrected chi connectivity index (χ4v) is 3.75. The van der Waals surface area contributed by atoms with Crippen molar-refractivity contribution in [2.45, 2.75) is 25.7 Å². The van der Waals surface area contributed by atoms with Gasteiger partial charge in [-0.25, -0.2) is 4.99 Å². The van der Waals surface area contributed by atoms with Gasteiger partial charge in [0.05, 0.1) is 14.2 Å². The lowest BCUT2D eigenvalue weighted by atomic mass is 9.95. The van der Waals surface area contributed by atoms with Crippen LogP contribution < -0.4 is 9.47 Å². The molecule has 0 aromatic heterocycles. The summed E-state index contributed by atoms with van der Waals surface area (Å²) in [5, 5.41) is 0. The molecule has 1 fully saturated rings. The van der Waals surface area contributed by atoms with Gasteiger partial charge in [-0.3, -0.25) is 9.69 Å². The van der Waals surface area contributed by atoms with E-state index in [2.05, 4.69) is 0 Å². The van der Waals surface area contributed by atoms with Crippen LogP contribution in [0.15, 0.2) is 59.2 Å². The second kappa shape index (κ2) is 7.89. The highest BCUT2D eigenvalue weighted by Gasteiger charge is 2.33. The van der Waals surface area contributed by atoms with Crippen LogP contribution >= 0.6 is 0 Å². The van der Waals surface area contributed by atoms with E-state index in [9.17, 15) is 4.79 Å². The van der Waals surface area contributed by atoms with E-state index in [1.165, 1.54) is 0 Å². The molecule has 2 heterocycles. The molecule has 2 aliphatic rings. The van der Waals surface area contributed by atoms with Crippen molar-refractivity contribution in [3.05, 3.63) is 65.4 Å². The van der Waals surface area contributed by atoms with E-state index in [1.807, 2.05) is 53.4 Å². The van der Waals surface area contributed by atoms with Crippen molar-refractivity contribution in [1.82, 2.24) is 4.90 Å². The van der Waals surface area contributed by atoms with Crippen molar-refractivity contribution in [2.24, 2.45) is 4.99 Å². The van der Waals surface area contributed by atoms with E-state index in [4.69, 9.17) is 14.5 Å². The van der Waals surface area contributed by atoms with Crippen LogP contribution in [0.4, 0.5) is 0 Å². The second-order valence-electron chi connectivity index (χ2n) is 6.98. The molecule has 0 atom stereocenters. The number of rotatable bonds is 4. The highest BCUT2D eigenvalue weighted by atomic mass is 16.5. The van der Waals surface area contributed by atoms with Crippen molar-refractivity contribution >= 4 is 17.3 Å². The number of amidine groups is 1. The zero-order valence-corrected chi connectivity index (χ0v) is 16.3. The summed E-state index contributed by atoms with van der Waals surface area (Å²) in [7, 11) is 3.29. The first kappa shape index (κ1) is 18.3. The van der Waals surface area contributed by atoms with Crippen LogP contribution in [0.5, 0.6) is 11.5 Å². The number of hydrogen-bond donors (Lipinski definition) is 0. The van der Waals surface area contributed by atoms with Gasteiger partial charge in [-0.1, -0.05) is 30.7 Å². The Labute approximate surface area is 165 Å². The number of fused-ring (bicyclic) bond motifs is 1. The van der Waals surface area contributed by atoms with Crippen LogP contribution in [0.25, 0.3) is 5.57 Å². The third kappa shape index (κ3) is 3.40. The number of hydrogen-bond acceptors (Lipinski definition) is 4. The Hall–Kier alpha value is -3.08. The van der Waals surface area contributed by atoms with Gasteiger partial charge in [0.1, 0.15) is 23.0 Å². The maximum Gasteiger partial charge on any atom is 0.278 e. The van der Waals surface area contributed by atoms with Crippen LogP contribution in [-0.2, 0) is 4.79 Å². The predicted octanol–water partition coefficient (Wildman–Crippen LogP) is 4.28. The lowest BCUT2D eigenvalue weighted by Crippen LogP contribution is -2.31. The zero-order valence-electron chi connectivity index (χ0n) is 16.3. The minimum absolute atomic E-state index is 0.00136. The first-order valence-corrected chi connectivity index (χ1v) is 9.64. The Morgan fingerprint density at radius 2 is 1.43 bits per heavy atom. The third-order valence-electron chi connectivity index (χ3n) is 5.28. The predicted molar refractivity (Wildman–Crippen MR) is 110 cm³/mol. The molecule has 4 rings (SSSR count). The number of nitrogens with zero attached hydrogens (tertiary/aromatic N) is 2. The van der Waals surface area contributed by atoms with Gasteiger partial charge < -0.3 is 9.47 Å². The smallest absolute Gasteiger partial charge is 0.278 e. The molecule has 0 spiro atoms. The molecule has 0 radical (unpaired) electrons. The molecule has 5 heteroatoms. The molecular formula is C23H24N2O3. The fraction of sp³-hybridized carbons (Fsp3) is 0.304. The topological polar surface area (TPSA) is 51.1 Å². The van der Waals surface area contributed by atoms with Crippen LogP contribution in [0, 0.1) is 0 Å². The molecule has 2 aromatic rings. The summed E-state index contributed by atoms with van der Waals surface area (Å²) in [5.41, 5.74) is 3.25. The largest absolute Gasteiger partial charge is 0.497 e. The lowest BCUT2D eigenvalue weighted by molar-refractivity contribution is -0.122. The Morgan fingerprint density at radius 3 is 1.96 bits per heavy atom. The molecule has 0 saturated carbocycles.